The van der Waals surface area contributed by atoms with Gasteiger partial charge in [0.05, 0.1) is 19.0 Å². The van der Waals surface area contributed by atoms with Crippen LogP contribution in [0.4, 0.5) is 5.82 Å². The Balaban J connectivity index is 1.20. The summed E-state index contributed by atoms with van der Waals surface area (Å²) in [4.78, 5) is 2.05. The van der Waals surface area contributed by atoms with Gasteiger partial charge in [0.25, 0.3) is 0 Å². The van der Waals surface area contributed by atoms with Gasteiger partial charge >= 0.3 is 0 Å². The van der Waals surface area contributed by atoms with Crippen LogP contribution < -0.4 is 9.64 Å². The number of benzene rings is 1. The summed E-state index contributed by atoms with van der Waals surface area (Å²) in [6.07, 6.45) is 5.50. The van der Waals surface area contributed by atoms with Gasteiger partial charge < -0.3 is 14.4 Å². The second-order valence-electron chi connectivity index (χ2n) is 8.19. The van der Waals surface area contributed by atoms with E-state index >= 15 is 0 Å². The molecule has 0 unspecified atom stereocenters. The zero-order valence-electron chi connectivity index (χ0n) is 17.9. The number of hydrogen-bond donors (Lipinski definition) is 0. The summed E-state index contributed by atoms with van der Waals surface area (Å²) >= 11 is 0. The first-order valence-electron chi connectivity index (χ1n) is 10.8. The lowest BCUT2D eigenvalue weighted by molar-refractivity contribution is -0.00747. The number of ether oxygens (including phenoxy) is 2. The van der Waals surface area contributed by atoms with E-state index in [-0.39, 0.29) is 12.2 Å². The number of piperazine rings is 1. The predicted molar refractivity (Wildman–Crippen MR) is 119 cm³/mol. The van der Waals surface area contributed by atoms with Crippen molar-refractivity contribution in [2.24, 2.45) is 0 Å². The van der Waals surface area contributed by atoms with Crippen LogP contribution in [0, 0.1) is 0 Å². The normalized spacial score (nSPS) is 22.9. The van der Waals surface area contributed by atoms with Gasteiger partial charge in [-0.05, 0) is 37.3 Å². The molecule has 1 saturated heterocycles. The molecule has 9 heteroatoms. The molecule has 4 rings (SSSR count). The molecular weight excluding hydrogens is 416 g/mol. The van der Waals surface area contributed by atoms with Crippen LogP contribution in [0.25, 0.3) is 0 Å². The third-order valence-electron chi connectivity index (χ3n) is 5.89. The Bertz CT molecular complexity index is 924. The lowest BCUT2D eigenvalue weighted by atomic mass is 9.95. The van der Waals surface area contributed by atoms with Crippen molar-refractivity contribution in [2.45, 2.75) is 44.5 Å². The van der Waals surface area contributed by atoms with Crippen molar-refractivity contribution < 1.29 is 17.9 Å². The van der Waals surface area contributed by atoms with Crippen molar-refractivity contribution >= 4 is 15.8 Å². The van der Waals surface area contributed by atoms with Crippen LogP contribution in [0.5, 0.6) is 5.88 Å². The van der Waals surface area contributed by atoms with Crippen molar-refractivity contribution in [3.8, 4) is 5.88 Å². The van der Waals surface area contributed by atoms with Crippen molar-refractivity contribution in [1.82, 2.24) is 14.5 Å². The number of rotatable bonds is 7. The fourth-order valence-corrected chi connectivity index (χ4v) is 4.90. The number of nitrogens with zero attached hydrogens (tertiary/aromatic N) is 4. The molecule has 0 spiro atoms. The van der Waals surface area contributed by atoms with Gasteiger partial charge in [0.15, 0.2) is 5.82 Å². The van der Waals surface area contributed by atoms with E-state index < -0.39 is 10.0 Å². The summed E-state index contributed by atoms with van der Waals surface area (Å²) in [5.41, 5.74) is 1.20. The maximum absolute atomic E-state index is 11.6. The van der Waals surface area contributed by atoms with Crippen LogP contribution in [-0.4, -0.2) is 67.6 Å². The molecule has 1 aromatic carbocycles. The Morgan fingerprint density at radius 3 is 2.19 bits per heavy atom. The molecule has 2 aromatic rings. The Morgan fingerprint density at radius 2 is 1.58 bits per heavy atom. The summed E-state index contributed by atoms with van der Waals surface area (Å²) in [6.45, 7) is 2.80. The topological polar surface area (TPSA) is 84.9 Å². The highest BCUT2D eigenvalue weighted by atomic mass is 32.2. The fourth-order valence-electron chi connectivity index (χ4n) is 4.07. The summed E-state index contributed by atoms with van der Waals surface area (Å²) in [6, 6.07) is 14.0. The third kappa shape index (κ3) is 6.15. The molecule has 1 aromatic heterocycles. The van der Waals surface area contributed by atoms with Gasteiger partial charge in [-0.25, -0.2) is 8.42 Å². The summed E-state index contributed by atoms with van der Waals surface area (Å²) < 4.78 is 36.9. The van der Waals surface area contributed by atoms with Crippen LogP contribution >= 0.6 is 0 Å². The van der Waals surface area contributed by atoms with Gasteiger partial charge in [-0.3, -0.25) is 0 Å². The van der Waals surface area contributed by atoms with E-state index in [1.54, 1.807) is 0 Å². The molecule has 2 aliphatic rings. The molecule has 1 aliphatic carbocycles. The van der Waals surface area contributed by atoms with E-state index in [1.807, 2.05) is 35.2 Å². The van der Waals surface area contributed by atoms with Crippen molar-refractivity contribution in [3.05, 3.63) is 48.0 Å². The smallest absolute Gasteiger partial charge is 0.233 e. The Morgan fingerprint density at radius 1 is 0.903 bits per heavy atom. The van der Waals surface area contributed by atoms with Crippen LogP contribution in [0.2, 0.25) is 0 Å². The van der Waals surface area contributed by atoms with E-state index in [2.05, 4.69) is 22.3 Å². The van der Waals surface area contributed by atoms with Gasteiger partial charge in [-0.2, -0.15) is 4.31 Å². The monoisotopic (exact) mass is 446 g/mol. The van der Waals surface area contributed by atoms with E-state index in [0.717, 1.165) is 31.5 Å². The lowest BCUT2D eigenvalue weighted by Crippen LogP contribution is -2.48. The van der Waals surface area contributed by atoms with Crippen molar-refractivity contribution in [3.63, 3.8) is 0 Å². The predicted octanol–water partition coefficient (Wildman–Crippen LogP) is 2.46. The van der Waals surface area contributed by atoms with Crippen LogP contribution in [0.1, 0.15) is 31.2 Å². The van der Waals surface area contributed by atoms with Crippen molar-refractivity contribution in [1.29, 1.82) is 0 Å². The van der Waals surface area contributed by atoms with Gasteiger partial charge in [0, 0.05) is 32.2 Å². The van der Waals surface area contributed by atoms with Gasteiger partial charge in [-0.15, -0.1) is 10.2 Å². The Kier molecular flexibility index (Phi) is 7.04. The number of hydrogen-bond acceptors (Lipinski definition) is 7. The quantitative estimate of drug-likeness (QED) is 0.646. The molecule has 0 bridgehead atoms. The first-order valence-corrected chi connectivity index (χ1v) is 12.7. The minimum absolute atomic E-state index is 0.134. The summed E-state index contributed by atoms with van der Waals surface area (Å²) in [7, 11) is -3.13. The highest BCUT2D eigenvalue weighted by Crippen LogP contribution is 2.26. The minimum Gasteiger partial charge on any atom is -0.473 e. The Hall–Kier alpha value is -2.23. The van der Waals surface area contributed by atoms with Crippen LogP contribution in [0.3, 0.4) is 0 Å². The standard InChI is InChI=1S/C22H30N4O4S/c1-31(27,28)26-15-13-25(14-16-26)21-11-12-22(24-23-21)30-20-9-7-19(8-10-20)29-17-18-5-3-2-4-6-18/h2-6,11-12,19-20H,7-10,13-17H2,1H3. The molecule has 2 fully saturated rings. The second-order valence-corrected chi connectivity index (χ2v) is 10.2. The minimum atomic E-state index is -3.13. The van der Waals surface area contributed by atoms with Gasteiger partial charge in [0.1, 0.15) is 6.10 Å². The van der Waals surface area contributed by atoms with Crippen molar-refractivity contribution in [2.75, 3.05) is 37.3 Å². The Labute approximate surface area is 184 Å². The number of anilines is 1. The molecule has 8 nitrogen and oxygen atoms in total. The maximum Gasteiger partial charge on any atom is 0.233 e. The zero-order valence-corrected chi connectivity index (χ0v) is 18.7. The molecule has 0 radical (unpaired) electrons. The summed E-state index contributed by atoms with van der Waals surface area (Å²) in [5, 5.41) is 8.53. The molecule has 168 valence electrons. The highest BCUT2D eigenvalue weighted by Gasteiger charge is 2.25. The molecule has 1 saturated carbocycles. The summed E-state index contributed by atoms with van der Waals surface area (Å²) in [5.74, 6) is 1.28. The second kappa shape index (κ2) is 9.93. The molecular formula is C22H30N4O4S. The molecule has 31 heavy (non-hydrogen) atoms. The molecule has 0 atom stereocenters. The first kappa shape index (κ1) is 22.0. The molecule has 0 N–H and O–H groups in total. The average Bonchev–Trinajstić information content (AvgIpc) is 2.79. The molecule has 2 heterocycles. The fraction of sp³-hybridized carbons (Fsp3) is 0.545. The average molecular weight is 447 g/mol. The SMILES string of the molecule is CS(=O)(=O)N1CCN(c2ccc(OC3CCC(OCc4ccccc4)CC3)nn2)CC1. The largest absolute Gasteiger partial charge is 0.473 e. The first-order chi connectivity index (χ1) is 15.0. The third-order valence-corrected chi connectivity index (χ3v) is 7.20. The molecule has 0 amide bonds. The van der Waals surface area contributed by atoms with Crippen LogP contribution in [-0.2, 0) is 21.4 Å². The number of aromatic nitrogens is 2. The van der Waals surface area contributed by atoms with Gasteiger partial charge in [-0.1, -0.05) is 30.3 Å². The number of sulfonamides is 1. The van der Waals surface area contributed by atoms with E-state index in [0.29, 0.717) is 38.7 Å². The lowest BCUT2D eigenvalue weighted by Gasteiger charge is -2.33. The van der Waals surface area contributed by atoms with E-state index in [4.69, 9.17) is 9.47 Å². The zero-order chi connectivity index (χ0) is 21.7. The highest BCUT2D eigenvalue weighted by molar-refractivity contribution is 7.88. The van der Waals surface area contributed by atoms with E-state index in [1.165, 1.54) is 16.1 Å². The van der Waals surface area contributed by atoms with Crippen LogP contribution in [0.15, 0.2) is 42.5 Å². The van der Waals surface area contributed by atoms with Gasteiger partial charge in [0.2, 0.25) is 15.9 Å². The van der Waals surface area contributed by atoms with E-state index in [9.17, 15) is 8.42 Å². The molecule has 1 aliphatic heterocycles. The maximum atomic E-state index is 11.6.